The van der Waals surface area contributed by atoms with Gasteiger partial charge in [0.25, 0.3) is 0 Å². The van der Waals surface area contributed by atoms with Gasteiger partial charge in [-0.3, -0.25) is 4.90 Å². The summed E-state index contributed by atoms with van der Waals surface area (Å²) in [5.74, 6) is 0. The summed E-state index contributed by atoms with van der Waals surface area (Å²) in [4.78, 5) is 1.71. The molecular weight excluding hydrogens is 134 g/mol. The first-order chi connectivity index (χ1) is 4.46. The van der Waals surface area contributed by atoms with Crippen molar-refractivity contribution in [1.82, 2.24) is 4.90 Å². The zero-order valence-corrected chi connectivity index (χ0v) is 6.84. The molecule has 2 N–H and O–H groups in total. The van der Waals surface area contributed by atoms with Crippen molar-refractivity contribution in [2.75, 3.05) is 21.1 Å². The van der Waals surface area contributed by atoms with E-state index < -0.39 is 0 Å². The third kappa shape index (κ3) is 2.59. The highest BCUT2D eigenvalue weighted by molar-refractivity contribution is 4.37. The average Bonchev–Trinajstić information content (AvgIpc) is 1.84. The lowest BCUT2D eigenvalue weighted by Gasteiger charge is -2.36. The van der Waals surface area contributed by atoms with Gasteiger partial charge in [0.15, 0.2) is 6.17 Å². The number of nitrogens with zero attached hydrogens (tertiary/aromatic N) is 1. The minimum Gasteiger partial charge on any atom is -0.584 e. The maximum absolute atomic E-state index is 10.9. The van der Waals surface area contributed by atoms with Crippen LogP contribution in [-0.2, 0) is 0 Å². The molecule has 0 aromatic heterocycles. The van der Waals surface area contributed by atoms with Crippen molar-refractivity contribution in [3.05, 3.63) is 10.4 Å². The Morgan fingerprint density at radius 2 is 1.70 bits per heavy atom. The lowest BCUT2D eigenvalue weighted by atomic mass is 10.5. The van der Waals surface area contributed by atoms with Crippen LogP contribution in [0, 0.1) is 10.4 Å². The Balaban J connectivity index is 3.81. The van der Waals surface area contributed by atoms with Gasteiger partial charge in [0.1, 0.15) is 7.05 Å². The molecule has 0 rings (SSSR count). The summed E-state index contributed by atoms with van der Waals surface area (Å²) in [6.45, 7) is 1.71. The highest BCUT2D eigenvalue weighted by Crippen LogP contribution is 1.75. The van der Waals surface area contributed by atoms with E-state index >= 15 is 0 Å². The maximum Gasteiger partial charge on any atom is 0.184 e. The summed E-state index contributed by atoms with van der Waals surface area (Å²) in [7, 11) is 4.83. The van der Waals surface area contributed by atoms with Gasteiger partial charge in [0.2, 0.25) is 0 Å². The van der Waals surface area contributed by atoms with Crippen molar-refractivity contribution in [3.63, 3.8) is 0 Å². The van der Waals surface area contributed by atoms with Crippen molar-refractivity contribution >= 4 is 0 Å². The van der Waals surface area contributed by atoms with Gasteiger partial charge in [-0.05, 0) is 14.1 Å². The quantitative estimate of drug-likeness (QED) is 0.337. The standard InChI is InChI=1S/C5H15N3O2/c1-5(6(2)3)8(10)7(4)9/h5,7-8H,1-4H3. The number of quaternary nitrogens is 2. The molecule has 5 heteroatoms. The number of hydrogen-bond acceptors (Lipinski definition) is 3. The van der Waals surface area contributed by atoms with Crippen molar-refractivity contribution in [1.29, 1.82) is 0 Å². The van der Waals surface area contributed by atoms with Gasteiger partial charge in [0.05, 0.1) is 0 Å². The smallest absolute Gasteiger partial charge is 0.184 e. The summed E-state index contributed by atoms with van der Waals surface area (Å²) >= 11 is 0. The minimum absolute atomic E-state index is 0.294. The van der Waals surface area contributed by atoms with E-state index in [4.69, 9.17) is 0 Å². The van der Waals surface area contributed by atoms with E-state index in [2.05, 4.69) is 0 Å². The van der Waals surface area contributed by atoms with Crippen LogP contribution in [0.1, 0.15) is 6.92 Å². The molecule has 0 amide bonds. The molecule has 0 saturated heterocycles. The molecule has 0 bridgehead atoms. The Bertz CT molecular complexity index is 84.9. The molecule has 3 unspecified atom stereocenters. The van der Waals surface area contributed by atoms with Crippen molar-refractivity contribution < 1.29 is 10.3 Å². The van der Waals surface area contributed by atoms with E-state index in [0.717, 1.165) is 0 Å². The Morgan fingerprint density at radius 3 is 1.80 bits per heavy atom. The molecule has 0 aromatic rings. The summed E-state index contributed by atoms with van der Waals surface area (Å²) in [6.07, 6.45) is -0.294. The van der Waals surface area contributed by atoms with E-state index in [1.807, 2.05) is 0 Å². The molecule has 5 nitrogen and oxygen atoms in total. The Labute approximate surface area is 60.9 Å². The van der Waals surface area contributed by atoms with Gasteiger partial charge >= 0.3 is 0 Å². The fraction of sp³-hybridized carbons (Fsp3) is 1.00. The number of rotatable bonds is 3. The van der Waals surface area contributed by atoms with E-state index in [9.17, 15) is 10.4 Å². The molecule has 62 valence electrons. The lowest BCUT2D eigenvalue weighted by Crippen LogP contribution is -3.56. The first-order valence-electron chi connectivity index (χ1n) is 3.18. The minimum atomic E-state index is -0.374. The zero-order valence-electron chi connectivity index (χ0n) is 6.84. The molecule has 0 heterocycles. The fourth-order valence-corrected chi connectivity index (χ4v) is 0.529. The topological polar surface area (TPSA) is 58.2 Å². The predicted molar refractivity (Wildman–Crippen MR) is 37.7 cm³/mol. The molecule has 0 radical (unpaired) electrons. The van der Waals surface area contributed by atoms with Gasteiger partial charge in [-0.15, -0.1) is 0 Å². The van der Waals surface area contributed by atoms with E-state index in [0.29, 0.717) is 0 Å². The van der Waals surface area contributed by atoms with Crippen LogP contribution in [0.5, 0.6) is 0 Å². The van der Waals surface area contributed by atoms with Crippen LogP contribution in [-0.4, -0.2) is 32.2 Å². The first-order valence-corrected chi connectivity index (χ1v) is 3.18. The molecule has 0 spiro atoms. The summed E-state index contributed by atoms with van der Waals surface area (Å²) in [6, 6.07) is 0. The van der Waals surface area contributed by atoms with Crippen LogP contribution in [0.3, 0.4) is 0 Å². The monoisotopic (exact) mass is 149 g/mol. The Hall–Kier alpha value is -0.200. The normalized spacial score (nSPS) is 20.7. The van der Waals surface area contributed by atoms with Crippen LogP contribution < -0.4 is 10.3 Å². The zero-order chi connectivity index (χ0) is 8.31. The van der Waals surface area contributed by atoms with E-state index in [1.54, 1.807) is 25.9 Å². The Morgan fingerprint density at radius 1 is 1.30 bits per heavy atom. The number of nitrogens with one attached hydrogen (secondary N) is 2. The van der Waals surface area contributed by atoms with Gasteiger partial charge in [-0.1, -0.05) is 0 Å². The van der Waals surface area contributed by atoms with Crippen molar-refractivity contribution in [3.8, 4) is 0 Å². The van der Waals surface area contributed by atoms with Crippen LogP contribution >= 0.6 is 0 Å². The van der Waals surface area contributed by atoms with Crippen LogP contribution in [0.15, 0.2) is 0 Å². The second-order valence-corrected chi connectivity index (χ2v) is 2.56. The molecular formula is C5H15N3O2. The van der Waals surface area contributed by atoms with Gasteiger partial charge in [0, 0.05) is 6.92 Å². The number of hydrogen-bond donors (Lipinski definition) is 2. The van der Waals surface area contributed by atoms with Gasteiger partial charge in [-0.25, -0.2) is 5.17 Å². The van der Waals surface area contributed by atoms with Gasteiger partial charge < -0.3 is 10.4 Å². The summed E-state index contributed by atoms with van der Waals surface area (Å²) < 4.78 is 0. The van der Waals surface area contributed by atoms with E-state index in [1.165, 1.54) is 7.05 Å². The SMILES string of the molecule is CC(N(C)C)[NH+]([O-])[NH+](C)[O-]. The summed E-state index contributed by atoms with van der Waals surface area (Å²) in [5.41, 5.74) is 0. The highest BCUT2D eigenvalue weighted by Gasteiger charge is 2.13. The molecule has 0 fully saturated rings. The van der Waals surface area contributed by atoms with Crippen LogP contribution in [0.25, 0.3) is 0 Å². The summed E-state index contributed by atoms with van der Waals surface area (Å²) in [5, 5.41) is 20.7. The Kier molecular flexibility index (Phi) is 3.77. The third-order valence-electron chi connectivity index (χ3n) is 1.50. The molecule has 10 heavy (non-hydrogen) atoms. The first kappa shape index (κ1) is 9.80. The van der Waals surface area contributed by atoms with Gasteiger partial charge in [-0.2, -0.15) is 5.17 Å². The van der Waals surface area contributed by atoms with Crippen molar-refractivity contribution in [2.24, 2.45) is 0 Å². The lowest BCUT2D eigenvalue weighted by molar-refractivity contribution is -1.46. The van der Waals surface area contributed by atoms with Crippen LogP contribution in [0.2, 0.25) is 0 Å². The number of hydroxylamine groups is 2. The molecule has 0 aliphatic heterocycles. The van der Waals surface area contributed by atoms with E-state index in [-0.39, 0.29) is 16.5 Å². The van der Waals surface area contributed by atoms with Crippen LogP contribution in [0.4, 0.5) is 0 Å². The molecule has 0 aliphatic rings. The molecule has 0 aliphatic carbocycles. The molecule has 0 saturated carbocycles. The van der Waals surface area contributed by atoms with Crippen molar-refractivity contribution in [2.45, 2.75) is 13.1 Å². The molecule has 3 atom stereocenters. The fourth-order valence-electron chi connectivity index (χ4n) is 0.529. The average molecular weight is 149 g/mol. The second-order valence-electron chi connectivity index (χ2n) is 2.56. The highest BCUT2D eigenvalue weighted by atomic mass is 16.7. The molecule has 0 aromatic carbocycles. The maximum atomic E-state index is 10.9. The predicted octanol–water partition coefficient (Wildman–Crippen LogP) is -2.80. The third-order valence-corrected chi connectivity index (χ3v) is 1.50. The second kappa shape index (κ2) is 3.85. The largest absolute Gasteiger partial charge is 0.584 e.